The van der Waals surface area contributed by atoms with Crippen molar-refractivity contribution >= 4 is 67.4 Å². The fraction of sp³-hybridized carbons (Fsp3) is 0.240. The van der Waals surface area contributed by atoms with E-state index in [1.165, 1.54) is 4.90 Å². The van der Waals surface area contributed by atoms with Crippen molar-refractivity contribution in [2.75, 3.05) is 18.1 Å². The summed E-state index contributed by atoms with van der Waals surface area (Å²) in [6, 6.07) is 14.7. The summed E-state index contributed by atoms with van der Waals surface area (Å²) >= 11 is 4.42. The third-order valence-electron chi connectivity index (χ3n) is 5.83. The van der Waals surface area contributed by atoms with Gasteiger partial charge in [-0.3, -0.25) is 14.4 Å². The van der Waals surface area contributed by atoms with Crippen molar-refractivity contribution in [3.8, 4) is 0 Å². The van der Waals surface area contributed by atoms with E-state index in [-0.39, 0.29) is 29.7 Å². The molecule has 2 aromatic carbocycles. The average molecular weight is 540 g/mol. The molecule has 0 aliphatic carbocycles. The lowest BCUT2D eigenvalue weighted by atomic mass is 10.1. The topological polar surface area (TPSA) is 80.6 Å². The number of anilines is 1. The number of ether oxygens (including phenoxy) is 1. The number of hydrogen-bond donors (Lipinski definition) is 1. The quantitative estimate of drug-likeness (QED) is 0.448. The molecule has 0 saturated carbocycles. The van der Waals surface area contributed by atoms with Gasteiger partial charge in [-0.2, -0.15) is 0 Å². The SMILES string of the molecule is O=C(Cn1cc(/C=C2\SC(=O)N(c3ccccc3)C2=O)c2cc(Br)ccc21)NC[C@@H]1CCCO1. The van der Waals surface area contributed by atoms with Crippen LogP contribution in [0.4, 0.5) is 10.5 Å². The van der Waals surface area contributed by atoms with Gasteiger partial charge < -0.3 is 14.6 Å². The van der Waals surface area contributed by atoms with Crippen LogP contribution in [0.15, 0.2) is 64.1 Å². The van der Waals surface area contributed by atoms with Gasteiger partial charge >= 0.3 is 0 Å². The highest BCUT2D eigenvalue weighted by Gasteiger charge is 2.36. The van der Waals surface area contributed by atoms with Crippen molar-refractivity contribution in [3.63, 3.8) is 0 Å². The molecule has 2 aliphatic heterocycles. The van der Waals surface area contributed by atoms with E-state index in [0.29, 0.717) is 17.1 Å². The number of fused-ring (bicyclic) bond motifs is 1. The highest BCUT2D eigenvalue weighted by Crippen LogP contribution is 2.37. The van der Waals surface area contributed by atoms with Gasteiger partial charge in [-0.25, -0.2) is 4.90 Å². The maximum absolute atomic E-state index is 13.0. The minimum Gasteiger partial charge on any atom is -0.376 e. The van der Waals surface area contributed by atoms with Crippen LogP contribution in [0.1, 0.15) is 18.4 Å². The van der Waals surface area contributed by atoms with Gasteiger partial charge in [0.2, 0.25) is 5.91 Å². The summed E-state index contributed by atoms with van der Waals surface area (Å²) in [5, 5.41) is 3.50. The third kappa shape index (κ3) is 4.68. The number of hydrogen-bond acceptors (Lipinski definition) is 5. The zero-order chi connectivity index (χ0) is 23.7. The Bertz CT molecular complexity index is 1300. The molecule has 3 amide bonds. The molecule has 3 aromatic rings. The lowest BCUT2D eigenvalue weighted by Crippen LogP contribution is -2.34. The molecule has 0 radical (unpaired) electrons. The van der Waals surface area contributed by atoms with Crippen LogP contribution in [0.25, 0.3) is 17.0 Å². The Hall–Kier alpha value is -2.88. The number of para-hydroxylation sites is 1. The highest BCUT2D eigenvalue weighted by atomic mass is 79.9. The Morgan fingerprint density at radius 3 is 2.79 bits per heavy atom. The second kappa shape index (κ2) is 9.77. The second-order valence-corrected chi connectivity index (χ2v) is 10.1. The number of benzene rings is 2. The first-order chi connectivity index (χ1) is 16.5. The number of nitrogens with zero attached hydrogens (tertiary/aromatic N) is 2. The molecular weight excluding hydrogens is 518 g/mol. The molecule has 1 aromatic heterocycles. The van der Waals surface area contributed by atoms with E-state index in [4.69, 9.17) is 4.74 Å². The van der Waals surface area contributed by atoms with Crippen molar-refractivity contribution in [3.05, 3.63) is 69.7 Å². The maximum atomic E-state index is 13.0. The number of carbonyl (C=O) groups is 3. The van der Waals surface area contributed by atoms with Gasteiger partial charge in [-0.15, -0.1) is 0 Å². The van der Waals surface area contributed by atoms with Crippen LogP contribution in [-0.4, -0.2) is 40.9 Å². The first-order valence-corrected chi connectivity index (χ1v) is 12.6. The first-order valence-electron chi connectivity index (χ1n) is 11.0. The molecule has 5 rings (SSSR count). The highest BCUT2D eigenvalue weighted by molar-refractivity contribution is 9.10. The van der Waals surface area contributed by atoms with Crippen molar-refractivity contribution in [1.82, 2.24) is 9.88 Å². The molecular formula is C25H22BrN3O4S. The number of rotatable bonds is 6. The largest absolute Gasteiger partial charge is 0.376 e. The monoisotopic (exact) mass is 539 g/mol. The van der Waals surface area contributed by atoms with E-state index >= 15 is 0 Å². The number of halogens is 1. The molecule has 3 heterocycles. The van der Waals surface area contributed by atoms with Crippen LogP contribution in [0.2, 0.25) is 0 Å². The summed E-state index contributed by atoms with van der Waals surface area (Å²) in [6.45, 7) is 1.39. The molecule has 1 N–H and O–H groups in total. The van der Waals surface area contributed by atoms with Gasteiger partial charge in [0.05, 0.1) is 16.7 Å². The number of amides is 3. The molecule has 2 saturated heterocycles. The molecule has 0 spiro atoms. The molecule has 174 valence electrons. The zero-order valence-electron chi connectivity index (χ0n) is 18.2. The van der Waals surface area contributed by atoms with E-state index in [0.717, 1.165) is 52.1 Å². The standard InChI is InChI=1S/C25H22BrN3O4S/c26-17-8-9-21-20(12-17)16(14-28(21)15-23(30)27-13-19-7-4-10-33-19)11-22-24(31)29(25(32)34-22)18-5-2-1-3-6-18/h1-3,5-6,8-9,11-12,14,19H,4,7,10,13,15H2,(H,27,30)/b22-11-/t19-/m0/s1. The average Bonchev–Trinajstić information content (AvgIpc) is 3.53. The Kier molecular flexibility index (Phi) is 6.58. The molecule has 34 heavy (non-hydrogen) atoms. The Labute approximate surface area is 209 Å². The molecule has 2 aliphatic rings. The van der Waals surface area contributed by atoms with Gasteiger partial charge in [0.25, 0.3) is 11.1 Å². The maximum Gasteiger partial charge on any atom is 0.298 e. The summed E-state index contributed by atoms with van der Waals surface area (Å²) in [5.41, 5.74) is 2.17. The zero-order valence-corrected chi connectivity index (χ0v) is 20.6. The van der Waals surface area contributed by atoms with Crippen LogP contribution < -0.4 is 10.2 Å². The third-order valence-corrected chi connectivity index (χ3v) is 7.20. The number of carbonyl (C=O) groups excluding carboxylic acids is 3. The minimum atomic E-state index is -0.355. The van der Waals surface area contributed by atoms with E-state index in [1.807, 2.05) is 35.0 Å². The fourth-order valence-electron chi connectivity index (χ4n) is 4.19. The van der Waals surface area contributed by atoms with E-state index < -0.39 is 0 Å². The van der Waals surface area contributed by atoms with Crippen LogP contribution in [0.3, 0.4) is 0 Å². The van der Waals surface area contributed by atoms with Crippen LogP contribution in [0, 0.1) is 0 Å². The lowest BCUT2D eigenvalue weighted by molar-refractivity contribution is -0.122. The van der Waals surface area contributed by atoms with E-state index in [9.17, 15) is 14.4 Å². The van der Waals surface area contributed by atoms with Crippen molar-refractivity contribution in [2.45, 2.75) is 25.5 Å². The van der Waals surface area contributed by atoms with E-state index in [2.05, 4.69) is 21.2 Å². The first kappa shape index (κ1) is 22.9. The van der Waals surface area contributed by atoms with Crippen molar-refractivity contribution in [2.24, 2.45) is 0 Å². The minimum absolute atomic E-state index is 0.0807. The lowest BCUT2D eigenvalue weighted by Gasteiger charge is -2.11. The summed E-state index contributed by atoms with van der Waals surface area (Å²) in [6.07, 6.45) is 5.64. The fourth-order valence-corrected chi connectivity index (χ4v) is 5.39. The Morgan fingerprint density at radius 1 is 1.21 bits per heavy atom. The van der Waals surface area contributed by atoms with E-state index in [1.54, 1.807) is 30.3 Å². The smallest absolute Gasteiger partial charge is 0.298 e. The van der Waals surface area contributed by atoms with Crippen molar-refractivity contribution in [1.29, 1.82) is 0 Å². The van der Waals surface area contributed by atoms with Gasteiger partial charge in [-0.05, 0) is 61.0 Å². The summed E-state index contributed by atoms with van der Waals surface area (Å²) < 4.78 is 8.32. The Balaban J connectivity index is 1.41. The molecule has 2 fully saturated rings. The summed E-state index contributed by atoms with van der Waals surface area (Å²) in [4.78, 5) is 39.8. The normalized spacial score (nSPS) is 19.5. The van der Waals surface area contributed by atoms with Crippen LogP contribution >= 0.6 is 27.7 Å². The number of aromatic nitrogens is 1. The number of imide groups is 1. The predicted octanol–water partition coefficient (Wildman–Crippen LogP) is 4.94. The number of nitrogens with one attached hydrogen (secondary N) is 1. The summed E-state index contributed by atoms with van der Waals surface area (Å²) in [5.74, 6) is -0.460. The van der Waals surface area contributed by atoms with Gasteiger partial charge in [0.1, 0.15) is 6.54 Å². The summed E-state index contributed by atoms with van der Waals surface area (Å²) in [7, 11) is 0. The van der Waals surface area contributed by atoms with Crippen molar-refractivity contribution < 1.29 is 19.1 Å². The van der Waals surface area contributed by atoms with Gasteiger partial charge in [0, 0.05) is 40.3 Å². The predicted molar refractivity (Wildman–Crippen MR) is 137 cm³/mol. The molecule has 0 bridgehead atoms. The molecule has 0 unspecified atom stereocenters. The van der Waals surface area contributed by atoms with Crippen LogP contribution in [0.5, 0.6) is 0 Å². The molecule has 9 heteroatoms. The second-order valence-electron chi connectivity index (χ2n) is 8.17. The molecule has 7 nitrogen and oxygen atoms in total. The van der Waals surface area contributed by atoms with Gasteiger partial charge in [-0.1, -0.05) is 34.1 Å². The van der Waals surface area contributed by atoms with Gasteiger partial charge in [0.15, 0.2) is 0 Å². The molecule has 1 atom stereocenters. The Morgan fingerprint density at radius 2 is 2.03 bits per heavy atom. The number of thioether (sulfide) groups is 1. The van der Waals surface area contributed by atoms with Crippen LogP contribution in [-0.2, 0) is 20.9 Å².